The fourth-order valence-corrected chi connectivity index (χ4v) is 3.17. The van der Waals surface area contributed by atoms with Gasteiger partial charge >= 0.3 is 5.97 Å². The number of nitrogens with zero attached hydrogens (tertiary/aromatic N) is 1. The van der Waals surface area contributed by atoms with Gasteiger partial charge in [-0.25, -0.2) is 0 Å². The summed E-state index contributed by atoms with van der Waals surface area (Å²) in [6.07, 6.45) is 0.910. The van der Waals surface area contributed by atoms with Crippen molar-refractivity contribution in [2.45, 2.75) is 19.8 Å². The van der Waals surface area contributed by atoms with E-state index >= 15 is 0 Å². The Kier molecular flexibility index (Phi) is 5.76. The standard InChI is InChI=1S/C21H24N2O4/c1-21(20(25)26)12-14-23(15-21)13-11-19(24)22-17-9-5-6-10-18(17)27-16-7-3-2-4-8-16/h2-10H,11-15H2,1H3,(H,22,24)(H,25,26). The Morgan fingerprint density at radius 2 is 1.85 bits per heavy atom. The number of carboxylic acids is 1. The first-order chi connectivity index (χ1) is 13.0. The van der Waals surface area contributed by atoms with E-state index in [-0.39, 0.29) is 5.91 Å². The van der Waals surface area contributed by atoms with Crippen molar-refractivity contribution in [1.82, 2.24) is 4.90 Å². The van der Waals surface area contributed by atoms with Crippen molar-refractivity contribution in [3.05, 3.63) is 54.6 Å². The van der Waals surface area contributed by atoms with E-state index in [4.69, 9.17) is 4.74 Å². The fourth-order valence-electron chi connectivity index (χ4n) is 3.17. The van der Waals surface area contributed by atoms with E-state index < -0.39 is 11.4 Å². The van der Waals surface area contributed by atoms with Gasteiger partial charge in [0.15, 0.2) is 5.75 Å². The number of aliphatic carboxylic acids is 1. The largest absolute Gasteiger partial charge is 0.481 e. The number of carboxylic acid groups (broad SMARTS) is 1. The van der Waals surface area contributed by atoms with Crippen molar-refractivity contribution in [2.24, 2.45) is 5.41 Å². The van der Waals surface area contributed by atoms with Gasteiger partial charge in [0.25, 0.3) is 0 Å². The zero-order valence-corrected chi connectivity index (χ0v) is 15.4. The maximum atomic E-state index is 12.4. The molecule has 142 valence electrons. The lowest BCUT2D eigenvalue weighted by Crippen LogP contribution is -2.33. The number of benzene rings is 2. The molecule has 2 aromatic rings. The van der Waals surface area contributed by atoms with Gasteiger partial charge in [-0.3, -0.25) is 9.59 Å². The predicted octanol–water partition coefficient (Wildman–Crippen LogP) is 3.60. The van der Waals surface area contributed by atoms with Gasteiger partial charge in [0.1, 0.15) is 5.75 Å². The SMILES string of the molecule is CC1(C(=O)O)CCN(CCC(=O)Nc2ccccc2Oc2ccccc2)C1. The number of rotatable bonds is 7. The van der Waals surface area contributed by atoms with Gasteiger partial charge in [0, 0.05) is 19.5 Å². The number of hydrogen-bond acceptors (Lipinski definition) is 4. The number of anilines is 1. The second kappa shape index (κ2) is 8.22. The van der Waals surface area contributed by atoms with Crippen molar-refractivity contribution in [2.75, 3.05) is 25.0 Å². The van der Waals surface area contributed by atoms with E-state index in [1.165, 1.54) is 0 Å². The van der Waals surface area contributed by atoms with Crippen LogP contribution < -0.4 is 10.1 Å². The highest BCUT2D eigenvalue weighted by Crippen LogP contribution is 2.31. The van der Waals surface area contributed by atoms with Crippen LogP contribution in [0.2, 0.25) is 0 Å². The third-order valence-electron chi connectivity index (χ3n) is 4.86. The minimum absolute atomic E-state index is 0.122. The van der Waals surface area contributed by atoms with Gasteiger partial charge in [-0.1, -0.05) is 30.3 Å². The quantitative estimate of drug-likeness (QED) is 0.781. The predicted molar refractivity (Wildman–Crippen MR) is 103 cm³/mol. The number of hydrogen-bond donors (Lipinski definition) is 2. The Bertz CT molecular complexity index is 809. The van der Waals surface area contributed by atoms with Crippen LogP contribution in [0.25, 0.3) is 0 Å². The highest BCUT2D eigenvalue weighted by atomic mass is 16.5. The van der Waals surface area contributed by atoms with Crippen molar-refractivity contribution >= 4 is 17.6 Å². The molecule has 0 saturated carbocycles. The van der Waals surface area contributed by atoms with Crippen LogP contribution in [0.5, 0.6) is 11.5 Å². The van der Waals surface area contributed by atoms with Crippen LogP contribution in [-0.2, 0) is 9.59 Å². The Labute approximate surface area is 158 Å². The maximum absolute atomic E-state index is 12.4. The van der Waals surface area contributed by atoms with E-state index in [2.05, 4.69) is 5.32 Å². The second-order valence-corrected chi connectivity index (χ2v) is 7.10. The molecule has 0 bridgehead atoms. The number of likely N-dealkylation sites (tertiary alicyclic amines) is 1. The van der Waals surface area contributed by atoms with Crippen LogP contribution in [0.3, 0.4) is 0 Å². The normalized spacial score (nSPS) is 19.6. The van der Waals surface area contributed by atoms with Gasteiger partial charge in [-0.05, 0) is 44.2 Å². The molecule has 1 heterocycles. The molecule has 6 heteroatoms. The van der Waals surface area contributed by atoms with Crippen molar-refractivity contribution in [3.63, 3.8) is 0 Å². The molecular weight excluding hydrogens is 344 g/mol. The molecule has 6 nitrogen and oxygen atoms in total. The number of carbonyl (C=O) groups is 2. The number of carbonyl (C=O) groups excluding carboxylic acids is 1. The Morgan fingerprint density at radius 3 is 2.56 bits per heavy atom. The Hall–Kier alpha value is -2.86. The third-order valence-corrected chi connectivity index (χ3v) is 4.86. The second-order valence-electron chi connectivity index (χ2n) is 7.10. The van der Waals surface area contributed by atoms with E-state index in [1.54, 1.807) is 19.1 Å². The van der Waals surface area contributed by atoms with Crippen LogP contribution in [0, 0.1) is 5.41 Å². The average molecular weight is 368 g/mol. The molecule has 0 aliphatic carbocycles. The maximum Gasteiger partial charge on any atom is 0.310 e. The zero-order chi connectivity index (χ0) is 19.3. The summed E-state index contributed by atoms with van der Waals surface area (Å²) in [5, 5.41) is 12.2. The molecule has 2 aromatic carbocycles. The van der Waals surface area contributed by atoms with E-state index in [0.717, 1.165) is 0 Å². The molecule has 1 saturated heterocycles. The van der Waals surface area contributed by atoms with E-state index in [1.807, 2.05) is 47.4 Å². The number of para-hydroxylation sites is 3. The molecule has 1 aliphatic rings. The molecule has 0 radical (unpaired) electrons. The lowest BCUT2D eigenvalue weighted by molar-refractivity contribution is -0.147. The monoisotopic (exact) mass is 368 g/mol. The molecule has 1 unspecified atom stereocenters. The fraction of sp³-hybridized carbons (Fsp3) is 0.333. The molecule has 27 heavy (non-hydrogen) atoms. The minimum atomic E-state index is -0.776. The lowest BCUT2D eigenvalue weighted by Gasteiger charge is -2.20. The van der Waals surface area contributed by atoms with Crippen LogP contribution in [0.15, 0.2) is 54.6 Å². The topological polar surface area (TPSA) is 78.9 Å². The van der Waals surface area contributed by atoms with Crippen molar-refractivity contribution in [3.8, 4) is 11.5 Å². The molecule has 1 atom stereocenters. The van der Waals surface area contributed by atoms with Gasteiger partial charge in [0.2, 0.25) is 5.91 Å². The van der Waals surface area contributed by atoms with Crippen LogP contribution >= 0.6 is 0 Å². The van der Waals surface area contributed by atoms with Gasteiger partial charge < -0.3 is 20.1 Å². The van der Waals surface area contributed by atoms with Crippen molar-refractivity contribution < 1.29 is 19.4 Å². The van der Waals surface area contributed by atoms with Gasteiger partial charge in [-0.2, -0.15) is 0 Å². The van der Waals surface area contributed by atoms with Crippen LogP contribution in [0.1, 0.15) is 19.8 Å². The first kappa shape index (κ1) is 18.9. The molecule has 0 aromatic heterocycles. The minimum Gasteiger partial charge on any atom is -0.481 e. The first-order valence-corrected chi connectivity index (χ1v) is 9.04. The molecular formula is C21H24N2O4. The van der Waals surface area contributed by atoms with Gasteiger partial charge in [0.05, 0.1) is 11.1 Å². The Morgan fingerprint density at radius 1 is 1.15 bits per heavy atom. The summed E-state index contributed by atoms with van der Waals surface area (Å²) in [6.45, 7) is 3.47. The summed E-state index contributed by atoms with van der Waals surface area (Å²) in [5.74, 6) is 0.380. The Balaban J connectivity index is 1.55. The van der Waals surface area contributed by atoms with E-state index in [9.17, 15) is 14.7 Å². The summed E-state index contributed by atoms with van der Waals surface area (Å²) in [5.41, 5.74) is -0.102. The highest BCUT2D eigenvalue weighted by Gasteiger charge is 2.40. The van der Waals surface area contributed by atoms with Crippen molar-refractivity contribution in [1.29, 1.82) is 0 Å². The highest BCUT2D eigenvalue weighted by molar-refractivity contribution is 5.92. The lowest BCUT2D eigenvalue weighted by atomic mass is 9.90. The number of nitrogens with one attached hydrogen (secondary N) is 1. The molecule has 1 amide bonds. The average Bonchev–Trinajstić information content (AvgIpc) is 3.05. The van der Waals surface area contributed by atoms with E-state index in [0.29, 0.717) is 49.7 Å². The first-order valence-electron chi connectivity index (χ1n) is 9.04. The number of amides is 1. The molecule has 3 rings (SSSR count). The molecule has 0 spiro atoms. The summed E-state index contributed by atoms with van der Waals surface area (Å²) in [6, 6.07) is 16.7. The number of ether oxygens (including phenoxy) is 1. The zero-order valence-electron chi connectivity index (χ0n) is 15.4. The van der Waals surface area contributed by atoms with Gasteiger partial charge in [-0.15, -0.1) is 0 Å². The van der Waals surface area contributed by atoms with Crippen LogP contribution in [0.4, 0.5) is 5.69 Å². The van der Waals surface area contributed by atoms with Crippen LogP contribution in [-0.4, -0.2) is 41.5 Å². The smallest absolute Gasteiger partial charge is 0.310 e. The third kappa shape index (κ3) is 4.86. The molecule has 1 aliphatic heterocycles. The molecule has 2 N–H and O–H groups in total. The summed E-state index contributed by atoms with van der Waals surface area (Å²) in [7, 11) is 0. The molecule has 1 fully saturated rings. The summed E-state index contributed by atoms with van der Waals surface area (Å²) < 4.78 is 5.85. The summed E-state index contributed by atoms with van der Waals surface area (Å²) >= 11 is 0. The summed E-state index contributed by atoms with van der Waals surface area (Å²) in [4.78, 5) is 25.7.